The summed E-state index contributed by atoms with van der Waals surface area (Å²) in [6.45, 7) is 2.57. The molecule has 1 amide bonds. The van der Waals surface area contributed by atoms with Gasteiger partial charge in [-0.3, -0.25) is 9.69 Å². The van der Waals surface area contributed by atoms with Gasteiger partial charge < -0.3 is 10.2 Å². The fourth-order valence-electron chi connectivity index (χ4n) is 4.05. The number of fused-ring (bicyclic) bond motifs is 2. The van der Waals surface area contributed by atoms with E-state index in [2.05, 4.69) is 42.4 Å². The number of amides is 1. The van der Waals surface area contributed by atoms with Crippen LogP contribution in [-0.2, 0) is 4.79 Å². The van der Waals surface area contributed by atoms with Crippen LogP contribution in [0, 0.1) is 0 Å². The van der Waals surface area contributed by atoms with Crippen molar-refractivity contribution < 1.29 is 4.79 Å². The van der Waals surface area contributed by atoms with E-state index in [4.69, 9.17) is 5.10 Å². The fourth-order valence-corrected chi connectivity index (χ4v) is 5.86. The van der Waals surface area contributed by atoms with Crippen molar-refractivity contribution in [1.82, 2.24) is 34.6 Å². The first-order valence-electron chi connectivity index (χ1n) is 11.0. The average Bonchev–Trinajstić information content (AvgIpc) is 3.47. The monoisotopic (exact) mass is 480 g/mol. The Bertz CT molecular complexity index is 1350. The van der Waals surface area contributed by atoms with Crippen LogP contribution in [0.4, 0.5) is 5.13 Å². The summed E-state index contributed by atoms with van der Waals surface area (Å²) in [4.78, 5) is 22.8. The van der Waals surface area contributed by atoms with E-state index >= 15 is 0 Å². The Morgan fingerprint density at radius 2 is 2.03 bits per heavy atom. The van der Waals surface area contributed by atoms with E-state index in [9.17, 15) is 4.79 Å². The van der Waals surface area contributed by atoms with Crippen LogP contribution < -0.4 is 5.32 Å². The molecule has 0 spiro atoms. The van der Waals surface area contributed by atoms with Gasteiger partial charge in [0.05, 0.1) is 15.9 Å². The molecule has 4 aromatic rings. The summed E-state index contributed by atoms with van der Waals surface area (Å²) in [5.41, 5.74) is 2.73. The number of hydrogen-bond acceptors (Lipinski definition) is 9. The molecule has 2 aliphatic rings. The van der Waals surface area contributed by atoms with Gasteiger partial charge in [-0.05, 0) is 69.0 Å². The lowest BCUT2D eigenvalue weighted by Crippen LogP contribution is -2.55. The zero-order valence-corrected chi connectivity index (χ0v) is 20.1. The number of likely N-dealkylation sites (N-methyl/N-ethyl adjacent to an activating group) is 2. The SMILES string of the molecule is CN1CCN(C)C(C(=O)Nc2nc3ccc(Sc4nnc5ccc(C6CC6)nn45)cc3s2)C1. The summed E-state index contributed by atoms with van der Waals surface area (Å²) in [6.07, 6.45) is 2.41. The van der Waals surface area contributed by atoms with E-state index in [1.807, 2.05) is 36.8 Å². The normalized spacial score (nSPS) is 20.0. The number of anilines is 1. The summed E-state index contributed by atoms with van der Waals surface area (Å²) >= 11 is 3.02. The van der Waals surface area contributed by atoms with Crippen molar-refractivity contribution in [1.29, 1.82) is 0 Å². The van der Waals surface area contributed by atoms with Crippen molar-refractivity contribution in [3.05, 3.63) is 36.0 Å². The first-order chi connectivity index (χ1) is 16.0. The summed E-state index contributed by atoms with van der Waals surface area (Å²) in [7, 11) is 4.04. The lowest BCUT2D eigenvalue weighted by atomic mass is 10.2. The Balaban J connectivity index is 1.21. The highest BCUT2D eigenvalue weighted by Gasteiger charge is 2.29. The van der Waals surface area contributed by atoms with E-state index in [-0.39, 0.29) is 11.9 Å². The smallest absolute Gasteiger partial charge is 0.244 e. The second-order valence-electron chi connectivity index (χ2n) is 8.78. The number of aromatic nitrogens is 5. The van der Waals surface area contributed by atoms with Crippen LogP contribution >= 0.6 is 23.1 Å². The van der Waals surface area contributed by atoms with Crippen LogP contribution in [0.15, 0.2) is 40.4 Å². The number of nitrogens with one attached hydrogen (secondary N) is 1. The first kappa shape index (κ1) is 21.0. The molecule has 1 saturated carbocycles. The third-order valence-corrected chi connectivity index (χ3v) is 8.06. The molecule has 0 bridgehead atoms. The molecule has 11 heteroatoms. The molecule has 1 N–H and O–H groups in total. The maximum Gasteiger partial charge on any atom is 0.244 e. The Morgan fingerprint density at radius 1 is 1.15 bits per heavy atom. The Kier molecular flexibility index (Phi) is 5.28. The number of hydrogen-bond donors (Lipinski definition) is 1. The molecular formula is C22H24N8OS2. The van der Waals surface area contributed by atoms with E-state index in [0.717, 1.165) is 51.2 Å². The molecule has 9 nitrogen and oxygen atoms in total. The molecule has 6 rings (SSSR count). The molecule has 0 radical (unpaired) electrons. The number of thiazole rings is 1. The third-order valence-electron chi connectivity index (χ3n) is 6.20. The number of carbonyl (C=O) groups is 1. The lowest BCUT2D eigenvalue weighted by molar-refractivity contribution is -0.122. The van der Waals surface area contributed by atoms with Crippen LogP contribution in [0.1, 0.15) is 24.5 Å². The van der Waals surface area contributed by atoms with Gasteiger partial charge in [-0.25, -0.2) is 4.98 Å². The van der Waals surface area contributed by atoms with Gasteiger partial charge in [0, 0.05) is 30.4 Å². The molecule has 3 aromatic heterocycles. The number of nitrogens with zero attached hydrogens (tertiary/aromatic N) is 7. The first-order valence-corrected chi connectivity index (χ1v) is 12.7. The van der Waals surface area contributed by atoms with Crippen LogP contribution in [0.5, 0.6) is 0 Å². The van der Waals surface area contributed by atoms with Gasteiger partial charge in [0.2, 0.25) is 11.1 Å². The van der Waals surface area contributed by atoms with E-state index in [1.165, 1.54) is 35.9 Å². The maximum atomic E-state index is 12.8. The summed E-state index contributed by atoms with van der Waals surface area (Å²) in [5.74, 6) is 0.566. The molecular weight excluding hydrogens is 456 g/mol. The van der Waals surface area contributed by atoms with Crippen LogP contribution in [0.25, 0.3) is 15.9 Å². The second kappa shape index (κ2) is 8.32. The molecule has 1 aromatic carbocycles. The minimum Gasteiger partial charge on any atom is -0.303 e. The molecule has 4 heterocycles. The number of carbonyl (C=O) groups excluding carboxylic acids is 1. The minimum absolute atomic E-state index is 0.00910. The molecule has 33 heavy (non-hydrogen) atoms. The van der Waals surface area contributed by atoms with Gasteiger partial charge in [0.25, 0.3) is 0 Å². The lowest BCUT2D eigenvalue weighted by Gasteiger charge is -2.36. The van der Waals surface area contributed by atoms with E-state index in [1.54, 1.807) is 0 Å². The molecule has 2 fully saturated rings. The fraction of sp³-hybridized carbons (Fsp3) is 0.409. The number of piperazine rings is 1. The van der Waals surface area contributed by atoms with Crippen molar-refractivity contribution in [2.24, 2.45) is 0 Å². The number of benzene rings is 1. The van der Waals surface area contributed by atoms with Gasteiger partial charge in [-0.2, -0.15) is 9.61 Å². The summed E-state index contributed by atoms with van der Waals surface area (Å²) in [6, 6.07) is 9.96. The summed E-state index contributed by atoms with van der Waals surface area (Å²) < 4.78 is 2.85. The molecule has 1 aliphatic carbocycles. The molecule has 1 unspecified atom stereocenters. The van der Waals surface area contributed by atoms with Gasteiger partial charge in [-0.15, -0.1) is 10.2 Å². The maximum absolute atomic E-state index is 12.8. The van der Waals surface area contributed by atoms with Gasteiger partial charge in [0.1, 0.15) is 6.04 Å². The van der Waals surface area contributed by atoms with Crippen molar-refractivity contribution in [2.75, 3.05) is 39.0 Å². The van der Waals surface area contributed by atoms with Gasteiger partial charge in [-0.1, -0.05) is 11.3 Å². The third kappa shape index (κ3) is 4.21. The quantitative estimate of drug-likeness (QED) is 0.466. The Labute approximate surface area is 199 Å². The Hall–Kier alpha value is -2.60. The van der Waals surface area contributed by atoms with Crippen LogP contribution in [0.3, 0.4) is 0 Å². The highest BCUT2D eigenvalue weighted by Crippen LogP contribution is 2.39. The van der Waals surface area contributed by atoms with Gasteiger partial charge >= 0.3 is 0 Å². The van der Waals surface area contributed by atoms with Gasteiger partial charge in [0.15, 0.2) is 10.8 Å². The van der Waals surface area contributed by atoms with E-state index in [0.29, 0.717) is 11.0 Å². The average molecular weight is 481 g/mol. The largest absolute Gasteiger partial charge is 0.303 e. The topological polar surface area (TPSA) is 91.5 Å². The standard InChI is InChI=1S/C22H24N8OS2/c1-28-9-10-29(2)17(12-28)20(31)24-21-23-16-6-5-14(11-18(16)33-21)32-22-26-25-19-8-7-15(13-3-4-13)27-30(19)22/h5-8,11,13,17H,3-4,9-10,12H2,1-2H3,(H,23,24,31). The number of rotatable bonds is 5. The molecule has 170 valence electrons. The summed E-state index contributed by atoms with van der Waals surface area (Å²) in [5, 5.41) is 17.7. The van der Waals surface area contributed by atoms with Crippen LogP contribution in [-0.4, -0.2) is 80.3 Å². The highest BCUT2D eigenvalue weighted by molar-refractivity contribution is 7.99. The molecule has 1 aliphatic heterocycles. The zero-order chi connectivity index (χ0) is 22.5. The van der Waals surface area contributed by atoms with Crippen LogP contribution in [0.2, 0.25) is 0 Å². The Morgan fingerprint density at radius 3 is 2.88 bits per heavy atom. The van der Waals surface area contributed by atoms with Crippen molar-refractivity contribution in [3.63, 3.8) is 0 Å². The minimum atomic E-state index is -0.170. The second-order valence-corrected chi connectivity index (χ2v) is 10.9. The molecule has 1 saturated heterocycles. The van der Waals surface area contributed by atoms with Crippen molar-refractivity contribution >= 4 is 50.0 Å². The molecule has 1 atom stereocenters. The highest BCUT2D eigenvalue weighted by atomic mass is 32.2. The zero-order valence-electron chi connectivity index (χ0n) is 18.4. The van der Waals surface area contributed by atoms with Crippen molar-refractivity contribution in [3.8, 4) is 0 Å². The van der Waals surface area contributed by atoms with Crippen molar-refractivity contribution in [2.45, 2.75) is 34.9 Å². The van der Waals surface area contributed by atoms with E-state index < -0.39 is 0 Å². The predicted octanol–water partition coefficient (Wildman–Crippen LogP) is 2.95. The predicted molar refractivity (Wildman–Crippen MR) is 129 cm³/mol.